The summed E-state index contributed by atoms with van der Waals surface area (Å²) in [5.74, 6) is 0.635. The van der Waals surface area contributed by atoms with Crippen LogP contribution in [-0.4, -0.2) is 28.0 Å². The minimum absolute atomic E-state index is 0.0608. The summed E-state index contributed by atoms with van der Waals surface area (Å²) < 4.78 is 42.1. The van der Waals surface area contributed by atoms with Crippen LogP contribution in [0.15, 0.2) is 33.2 Å². The maximum atomic E-state index is 11.9. The molecule has 0 bridgehead atoms. The molecular formula is C12H11BrF3N3OS. The number of hydrogen-bond donors (Lipinski definition) is 1. The zero-order valence-corrected chi connectivity index (χ0v) is 13.1. The van der Waals surface area contributed by atoms with Crippen molar-refractivity contribution < 1.29 is 17.6 Å². The number of halogens is 4. The molecule has 0 atom stereocenters. The lowest BCUT2D eigenvalue weighted by Gasteiger charge is -2.05. The fourth-order valence-electron chi connectivity index (χ4n) is 1.50. The second kappa shape index (κ2) is 7.28. The summed E-state index contributed by atoms with van der Waals surface area (Å²) in [6.07, 6.45) is 0. The first kappa shape index (κ1) is 16.3. The summed E-state index contributed by atoms with van der Waals surface area (Å²) in [7, 11) is 0. The quantitative estimate of drug-likeness (QED) is 0.770. The Kier molecular flexibility index (Phi) is 5.65. The molecule has 0 saturated carbocycles. The Labute approximate surface area is 131 Å². The highest BCUT2D eigenvalue weighted by atomic mass is 79.9. The lowest BCUT2D eigenvalue weighted by molar-refractivity contribution is -0.0327. The van der Waals surface area contributed by atoms with Gasteiger partial charge in [0, 0.05) is 16.8 Å². The Morgan fingerprint density at radius 3 is 2.71 bits per heavy atom. The van der Waals surface area contributed by atoms with Crippen molar-refractivity contribution in [1.29, 1.82) is 0 Å². The van der Waals surface area contributed by atoms with Gasteiger partial charge in [0.2, 0.25) is 11.8 Å². The maximum absolute atomic E-state index is 11.9. The lowest BCUT2D eigenvalue weighted by atomic mass is 10.2. The molecule has 0 radical (unpaired) electrons. The normalized spacial score (nSPS) is 11.8. The molecule has 0 fully saturated rings. The van der Waals surface area contributed by atoms with E-state index in [9.17, 15) is 13.2 Å². The molecule has 114 valence electrons. The molecule has 2 aromatic rings. The van der Waals surface area contributed by atoms with Crippen molar-refractivity contribution >= 4 is 27.7 Å². The van der Waals surface area contributed by atoms with E-state index in [2.05, 4.69) is 31.4 Å². The molecule has 0 spiro atoms. The maximum Gasteiger partial charge on any atom is 0.441 e. The van der Waals surface area contributed by atoms with Gasteiger partial charge in [-0.2, -0.15) is 13.2 Å². The van der Waals surface area contributed by atoms with Gasteiger partial charge >= 0.3 is 5.51 Å². The van der Waals surface area contributed by atoms with Gasteiger partial charge in [0.1, 0.15) is 0 Å². The van der Waals surface area contributed by atoms with Crippen molar-refractivity contribution in [2.24, 2.45) is 0 Å². The first-order chi connectivity index (χ1) is 9.96. The van der Waals surface area contributed by atoms with Crippen LogP contribution in [0.4, 0.5) is 13.2 Å². The average molecular weight is 382 g/mol. The van der Waals surface area contributed by atoms with E-state index in [1.807, 2.05) is 24.3 Å². The molecule has 0 saturated heterocycles. The van der Waals surface area contributed by atoms with Crippen LogP contribution in [0.2, 0.25) is 0 Å². The number of thioether (sulfide) groups is 1. The Bertz CT molecular complexity index is 591. The van der Waals surface area contributed by atoms with Gasteiger partial charge in [-0.25, -0.2) is 0 Å². The number of hydrogen-bond acceptors (Lipinski definition) is 5. The van der Waals surface area contributed by atoms with Gasteiger partial charge in [0.15, 0.2) is 0 Å². The van der Waals surface area contributed by atoms with Gasteiger partial charge in [0.05, 0.1) is 12.1 Å². The van der Waals surface area contributed by atoms with E-state index in [1.165, 1.54) is 0 Å². The van der Waals surface area contributed by atoms with Gasteiger partial charge < -0.3 is 9.73 Å². The van der Waals surface area contributed by atoms with E-state index < -0.39 is 5.51 Å². The highest BCUT2D eigenvalue weighted by Gasteiger charge is 2.27. The van der Waals surface area contributed by atoms with Crippen molar-refractivity contribution in [2.75, 3.05) is 12.3 Å². The number of alkyl halides is 3. The third-order valence-corrected chi connectivity index (χ3v) is 3.82. The third kappa shape index (κ3) is 5.33. The number of nitrogens with one attached hydrogen (secondary N) is 1. The Morgan fingerprint density at radius 1 is 1.24 bits per heavy atom. The van der Waals surface area contributed by atoms with Crippen LogP contribution < -0.4 is 5.32 Å². The third-order valence-electron chi connectivity index (χ3n) is 2.39. The molecule has 0 amide bonds. The van der Waals surface area contributed by atoms with Crippen molar-refractivity contribution in [3.8, 4) is 11.5 Å². The topological polar surface area (TPSA) is 51.0 Å². The van der Waals surface area contributed by atoms with Crippen LogP contribution in [-0.2, 0) is 6.54 Å². The fourth-order valence-corrected chi connectivity index (χ4v) is 2.44. The van der Waals surface area contributed by atoms with Crippen LogP contribution >= 0.6 is 27.7 Å². The van der Waals surface area contributed by atoms with Gasteiger partial charge in [-0.05, 0) is 39.8 Å². The SMILES string of the molecule is FC(F)(F)SCCNCc1nnc(-c2ccccc2Br)o1. The molecule has 1 heterocycles. The predicted octanol–water partition coefficient (Wildman–Crippen LogP) is 3.84. The van der Waals surface area contributed by atoms with Crippen molar-refractivity contribution in [2.45, 2.75) is 12.1 Å². The van der Waals surface area contributed by atoms with Crippen LogP contribution in [0.5, 0.6) is 0 Å². The largest absolute Gasteiger partial charge is 0.441 e. The van der Waals surface area contributed by atoms with Crippen LogP contribution in [0, 0.1) is 0 Å². The Hall–Kier alpha value is -1.06. The van der Waals surface area contributed by atoms with Crippen molar-refractivity contribution in [1.82, 2.24) is 15.5 Å². The van der Waals surface area contributed by atoms with E-state index in [1.54, 1.807) is 0 Å². The van der Waals surface area contributed by atoms with E-state index in [0.29, 0.717) is 11.8 Å². The second-order valence-electron chi connectivity index (χ2n) is 3.95. The minimum atomic E-state index is -4.20. The summed E-state index contributed by atoms with van der Waals surface area (Å²) in [6.45, 7) is 0.437. The second-order valence-corrected chi connectivity index (χ2v) is 5.97. The van der Waals surface area contributed by atoms with Crippen molar-refractivity contribution in [3.05, 3.63) is 34.6 Å². The predicted molar refractivity (Wildman–Crippen MR) is 77.7 cm³/mol. The summed E-state index contributed by atoms with van der Waals surface area (Å²) in [5, 5.41) is 10.6. The zero-order valence-electron chi connectivity index (χ0n) is 10.7. The molecule has 0 aliphatic rings. The number of nitrogens with zero attached hydrogens (tertiary/aromatic N) is 2. The number of aromatic nitrogens is 2. The average Bonchev–Trinajstić information content (AvgIpc) is 2.86. The molecule has 21 heavy (non-hydrogen) atoms. The smallest absolute Gasteiger partial charge is 0.419 e. The van der Waals surface area contributed by atoms with Gasteiger partial charge in [-0.3, -0.25) is 0 Å². The Morgan fingerprint density at radius 2 is 2.00 bits per heavy atom. The van der Waals surface area contributed by atoms with Crippen LogP contribution in [0.1, 0.15) is 5.89 Å². The standard InChI is InChI=1S/C12H11BrF3N3OS/c13-9-4-2-1-3-8(9)11-19-18-10(20-11)7-17-5-6-21-12(14,15)16/h1-4,17H,5-7H2. The van der Waals surface area contributed by atoms with E-state index in [-0.39, 0.29) is 30.6 Å². The van der Waals surface area contributed by atoms with Gasteiger partial charge in [-0.1, -0.05) is 12.1 Å². The van der Waals surface area contributed by atoms with Crippen LogP contribution in [0.25, 0.3) is 11.5 Å². The fraction of sp³-hybridized carbons (Fsp3) is 0.333. The molecule has 1 N–H and O–H groups in total. The highest BCUT2D eigenvalue weighted by molar-refractivity contribution is 9.10. The molecule has 0 aliphatic carbocycles. The summed E-state index contributed by atoms with van der Waals surface area (Å²) in [5.41, 5.74) is -3.43. The minimum Gasteiger partial charge on any atom is -0.419 e. The monoisotopic (exact) mass is 381 g/mol. The molecule has 4 nitrogen and oxygen atoms in total. The molecule has 2 rings (SSSR count). The number of benzene rings is 1. The van der Waals surface area contributed by atoms with Crippen molar-refractivity contribution in [3.63, 3.8) is 0 Å². The summed E-state index contributed by atoms with van der Waals surface area (Å²) in [6, 6.07) is 7.39. The van der Waals surface area contributed by atoms with Crippen LogP contribution in [0.3, 0.4) is 0 Å². The van der Waals surface area contributed by atoms with E-state index >= 15 is 0 Å². The molecule has 0 unspecified atom stereocenters. The highest BCUT2D eigenvalue weighted by Crippen LogP contribution is 2.29. The first-order valence-corrected chi connectivity index (χ1v) is 7.72. The van der Waals surface area contributed by atoms with E-state index in [0.717, 1.165) is 10.0 Å². The molecule has 0 aliphatic heterocycles. The summed E-state index contributed by atoms with van der Waals surface area (Å²) in [4.78, 5) is 0. The molecular weight excluding hydrogens is 371 g/mol. The number of rotatable bonds is 6. The van der Waals surface area contributed by atoms with Gasteiger partial charge in [0.25, 0.3) is 0 Å². The van der Waals surface area contributed by atoms with E-state index in [4.69, 9.17) is 4.42 Å². The summed E-state index contributed by atoms with van der Waals surface area (Å²) >= 11 is 3.32. The zero-order chi connectivity index (χ0) is 15.3. The molecule has 1 aromatic carbocycles. The molecule has 9 heteroatoms. The molecule has 1 aromatic heterocycles. The lowest BCUT2D eigenvalue weighted by Crippen LogP contribution is -2.18. The van der Waals surface area contributed by atoms with Gasteiger partial charge in [-0.15, -0.1) is 10.2 Å². The first-order valence-electron chi connectivity index (χ1n) is 5.94. The Balaban J connectivity index is 1.83.